The van der Waals surface area contributed by atoms with E-state index in [4.69, 9.17) is 5.26 Å². The van der Waals surface area contributed by atoms with Crippen LogP contribution in [0.5, 0.6) is 0 Å². The molecule has 0 amide bonds. The summed E-state index contributed by atoms with van der Waals surface area (Å²) < 4.78 is 55.3. The van der Waals surface area contributed by atoms with Gasteiger partial charge in [-0.2, -0.15) is 5.26 Å². The Kier molecular flexibility index (Phi) is 4.51. The molecule has 1 fully saturated rings. The largest absolute Gasteiger partial charge is 0.202 e. The fourth-order valence-corrected chi connectivity index (χ4v) is 2.70. The maximum absolute atomic E-state index is 13.9. The van der Waals surface area contributed by atoms with Gasteiger partial charge in [0.1, 0.15) is 11.0 Å². The molecule has 0 heterocycles. The van der Waals surface area contributed by atoms with Gasteiger partial charge in [0.05, 0.1) is 4.90 Å². The number of hydrogen-bond acceptors (Lipinski definition) is 2. The van der Waals surface area contributed by atoms with Gasteiger partial charge in [0.25, 0.3) is 0 Å². The van der Waals surface area contributed by atoms with Crippen LogP contribution >= 0.6 is 11.8 Å². The van der Waals surface area contributed by atoms with E-state index in [1.165, 1.54) is 11.0 Å². The maximum atomic E-state index is 13.9. The molecule has 0 saturated heterocycles. The van der Waals surface area contributed by atoms with Gasteiger partial charge in [-0.25, -0.2) is 17.6 Å². The number of nitrogens with zero attached hydrogens (tertiary/aromatic N) is 1. The Hall–Kier alpha value is -2.44. The lowest BCUT2D eigenvalue weighted by molar-refractivity contribution is 0.423. The highest BCUT2D eigenvalue weighted by molar-refractivity contribution is 8.03. The van der Waals surface area contributed by atoms with Crippen molar-refractivity contribution in [2.45, 2.75) is 23.7 Å². The minimum Gasteiger partial charge on any atom is -0.202 e. The molecule has 0 radical (unpaired) electrons. The van der Waals surface area contributed by atoms with E-state index in [-0.39, 0.29) is 11.8 Å². The molecular formula is C18H9F4NS. The van der Waals surface area contributed by atoms with Crippen molar-refractivity contribution in [1.82, 2.24) is 0 Å². The SMILES string of the molecule is N#CSc1c(F)c(F)c(C#Cc2ccc(C3CC3)cc2)c(F)c1F. The Morgan fingerprint density at radius 2 is 1.46 bits per heavy atom. The van der Waals surface area contributed by atoms with E-state index >= 15 is 0 Å². The van der Waals surface area contributed by atoms with Crippen molar-refractivity contribution < 1.29 is 17.6 Å². The third-order valence-corrected chi connectivity index (χ3v) is 4.32. The summed E-state index contributed by atoms with van der Waals surface area (Å²) in [5, 5.41) is 9.83. The molecule has 2 aromatic carbocycles. The second kappa shape index (κ2) is 6.59. The fraction of sp³-hybridized carbons (Fsp3) is 0.167. The summed E-state index contributed by atoms with van der Waals surface area (Å²) in [5.41, 5.74) is 0.668. The highest BCUT2D eigenvalue weighted by Gasteiger charge is 2.25. The average Bonchev–Trinajstić information content (AvgIpc) is 3.42. The standard InChI is InChI=1S/C18H9F4NS/c19-14-13(15(20)17(22)18(16(14)21)24-9-23)8-3-10-1-4-11(5-2-10)12-6-7-12/h1-2,4-5,12H,6-7H2. The summed E-state index contributed by atoms with van der Waals surface area (Å²) in [4.78, 5) is -1.01. The normalized spacial score (nSPS) is 13.1. The second-order valence-electron chi connectivity index (χ2n) is 5.30. The number of thioether (sulfide) groups is 1. The van der Waals surface area contributed by atoms with Gasteiger partial charge in [-0.1, -0.05) is 24.0 Å². The highest BCUT2D eigenvalue weighted by atomic mass is 32.2. The van der Waals surface area contributed by atoms with Gasteiger partial charge in [-0.15, -0.1) is 0 Å². The molecule has 3 rings (SSSR count). The van der Waals surface area contributed by atoms with Crippen LogP contribution in [0, 0.1) is 45.8 Å². The summed E-state index contributed by atoms with van der Waals surface area (Å²) in [5.74, 6) is -1.23. The Morgan fingerprint density at radius 1 is 0.875 bits per heavy atom. The predicted molar refractivity (Wildman–Crippen MR) is 82.1 cm³/mol. The Balaban J connectivity index is 1.97. The third-order valence-electron chi connectivity index (χ3n) is 3.66. The Bertz CT molecular complexity index is 871. The zero-order valence-corrected chi connectivity index (χ0v) is 13.0. The van der Waals surface area contributed by atoms with Crippen LogP contribution in [-0.4, -0.2) is 0 Å². The first-order valence-electron chi connectivity index (χ1n) is 7.06. The molecular weight excluding hydrogens is 338 g/mol. The number of rotatable bonds is 2. The zero-order valence-electron chi connectivity index (χ0n) is 12.2. The van der Waals surface area contributed by atoms with E-state index in [0.717, 1.165) is 12.8 Å². The van der Waals surface area contributed by atoms with Crippen molar-refractivity contribution in [3.63, 3.8) is 0 Å². The van der Waals surface area contributed by atoms with E-state index in [0.29, 0.717) is 11.5 Å². The van der Waals surface area contributed by atoms with E-state index in [2.05, 4.69) is 11.8 Å². The van der Waals surface area contributed by atoms with Gasteiger partial charge in [0.15, 0.2) is 23.3 Å². The van der Waals surface area contributed by atoms with E-state index in [1.54, 1.807) is 12.1 Å². The summed E-state index contributed by atoms with van der Waals surface area (Å²) in [6, 6.07) is 7.15. The smallest absolute Gasteiger partial charge is 0.178 e. The van der Waals surface area contributed by atoms with Gasteiger partial charge in [0.2, 0.25) is 0 Å². The van der Waals surface area contributed by atoms with E-state index in [1.807, 2.05) is 12.1 Å². The Morgan fingerprint density at radius 3 is 1.96 bits per heavy atom. The Labute approximate surface area is 140 Å². The van der Waals surface area contributed by atoms with Crippen LogP contribution in [0.4, 0.5) is 17.6 Å². The molecule has 0 unspecified atom stereocenters. The van der Waals surface area contributed by atoms with Crippen LogP contribution in [0.1, 0.15) is 35.4 Å². The second-order valence-corrected chi connectivity index (χ2v) is 6.09. The molecule has 0 aliphatic heterocycles. The van der Waals surface area contributed by atoms with Crippen molar-refractivity contribution >= 4 is 11.8 Å². The first kappa shape index (κ1) is 16.4. The lowest BCUT2D eigenvalue weighted by Gasteiger charge is -2.05. The predicted octanol–water partition coefficient (Wildman–Crippen LogP) is 5.09. The van der Waals surface area contributed by atoms with Gasteiger partial charge < -0.3 is 0 Å². The summed E-state index contributed by atoms with van der Waals surface area (Å²) in [7, 11) is 0. The summed E-state index contributed by atoms with van der Waals surface area (Å²) >= 11 is 0.0176. The zero-order chi connectivity index (χ0) is 17.3. The van der Waals surface area contributed by atoms with Crippen LogP contribution in [0.15, 0.2) is 29.2 Å². The van der Waals surface area contributed by atoms with Crippen molar-refractivity contribution in [3.8, 4) is 17.2 Å². The lowest BCUT2D eigenvalue weighted by atomic mass is 10.1. The van der Waals surface area contributed by atoms with Crippen LogP contribution in [0.25, 0.3) is 0 Å². The van der Waals surface area contributed by atoms with Crippen LogP contribution in [0.2, 0.25) is 0 Å². The summed E-state index contributed by atoms with van der Waals surface area (Å²) in [6.45, 7) is 0. The molecule has 0 aromatic heterocycles. The quantitative estimate of drug-likeness (QED) is 0.248. The molecule has 1 saturated carbocycles. The van der Waals surface area contributed by atoms with Gasteiger partial charge in [-0.3, -0.25) is 0 Å². The highest BCUT2D eigenvalue weighted by Crippen LogP contribution is 2.39. The molecule has 1 aliphatic carbocycles. The summed E-state index contributed by atoms with van der Waals surface area (Å²) in [6.07, 6.45) is 2.29. The van der Waals surface area contributed by atoms with Gasteiger partial charge in [0, 0.05) is 5.56 Å². The third kappa shape index (κ3) is 3.11. The molecule has 0 atom stereocenters. The van der Waals surface area contributed by atoms with E-state index in [9.17, 15) is 17.6 Å². The van der Waals surface area contributed by atoms with Gasteiger partial charge >= 0.3 is 0 Å². The van der Waals surface area contributed by atoms with Crippen molar-refractivity contribution in [1.29, 1.82) is 5.26 Å². The fourth-order valence-electron chi connectivity index (χ4n) is 2.25. The number of nitriles is 1. The number of halogens is 4. The van der Waals surface area contributed by atoms with E-state index < -0.39 is 33.7 Å². The molecule has 24 heavy (non-hydrogen) atoms. The van der Waals surface area contributed by atoms with Crippen LogP contribution < -0.4 is 0 Å². The molecule has 0 N–H and O–H groups in total. The molecule has 6 heteroatoms. The molecule has 0 bridgehead atoms. The maximum Gasteiger partial charge on any atom is 0.178 e. The first-order valence-corrected chi connectivity index (χ1v) is 7.88. The minimum atomic E-state index is -1.62. The number of thiocyanates is 1. The molecule has 1 aliphatic rings. The average molecular weight is 347 g/mol. The van der Waals surface area contributed by atoms with Crippen molar-refractivity contribution in [3.05, 3.63) is 64.2 Å². The van der Waals surface area contributed by atoms with Crippen LogP contribution in [0.3, 0.4) is 0 Å². The van der Waals surface area contributed by atoms with Crippen molar-refractivity contribution in [2.24, 2.45) is 0 Å². The molecule has 120 valence electrons. The van der Waals surface area contributed by atoms with Gasteiger partial charge in [-0.05, 0) is 48.2 Å². The molecule has 2 aromatic rings. The minimum absolute atomic E-state index is 0.0176. The first-order chi connectivity index (χ1) is 11.5. The monoisotopic (exact) mass is 347 g/mol. The topological polar surface area (TPSA) is 23.8 Å². The molecule has 0 spiro atoms. The lowest BCUT2D eigenvalue weighted by Crippen LogP contribution is -2.02. The van der Waals surface area contributed by atoms with Crippen LogP contribution in [-0.2, 0) is 0 Å². The number of hydrogen-bond donors (Lipinski definition) is 0. The number of benzene rings is 2. The molecule has 1 nitrogen and oxygen atoms in total. The van der Waals surface area contributed by atoms with Crippen molar-refractivity contribution in [2.75, 3.05) is 0 Å².